The van der Waals surface area contributed by atoms with E-state index in [1.54, 1.807) is 0 Å². The lowest BCUT2D eigenvalue weighted by molar-refractivity contribution is 0.578. The van der Waals surface area contributed by atoms with Crippen LogP contribution in [0.3, 0.4) is 0 Å². The molecule has 98 valence electrons. The zero-order valence-electron chi connectivity index (χ0n) is 10.0. The molecule has 0 spiro atoms. The molecule has 1 aromatic carbocycles. The summed E-state index contributed by atoms with van der Waals surface area (Å²) in [4.78, 5) is 0. The molecule has 0 unspecified atom stereocenters. The van der Waals surface area contributed by atoms with Gasteiger partial charge in [-0.2, -0.15) is 0 Å². The van der Waals surface area contributed by atoms with Gasteiger partial charge in [0.1, 0.15) is 11.6 Å². The lowest BCUT2D eigenvalue weighted by Gasteiger charge is -2.15. The van der Waals surface area contributed by atoms with Gasteiger partial charge in [-0.25, -0.2) is 8.78 Å². The standard InChI is InChI=1S/C13H16F2N2S/c14-10-5-6-12(15)9(7-10)8-16-13(18)17-11-3-1-2-4-11/h5-7,11H,1-4,8H2,(H2,16,17,18). The molecule has 1 fully saturated rings. The number of hydrogen-bond donors (Lipinski definition) is 2. The Morgan fingerprint density at radius 1 is 1.28 bits per heavy atom. The predicted molar refractivity (Wildman–Crippen MR) is 71.2 cm³/mol. The van der Waals surface area contributed by atoms with Gasteiger partial charge in [0.05, 0.1) is 0 Å². The van der Waals surface area contributed by atoms with Gasteiger partial charge >= 0.3 is 0 Å². The van der Waals surface area contributed by atoms with E-state index in [0.29, 0.717) is 11.2 Å². The summed E-state index contributed by atoms with van der Waals surface area (Å²) in [6.45, 7) is 0.197. The van der Waals surface area contributed by atoms with Crippen molar-refractivity contribution in [3.63, 3.8) is 0 Å². The first kappa shape index (κ1) is 13.2. The number of rotatable bonds is 3. The Hall–Kier alpha value is -1.23. The molecule has 18 heavy (non-hydrogen) atoms. The van der Waals surface area contributed by atoms with Gasteiger partial charge in [-0.05, 0) is 43.3 Å². The minimum absolute atomic E-state index is 0.197. The summed E-state index contributed by atoms with van der Waals surface area (Å²) in [7, 11) is 0. The van der Waals surface area contributed by atoms with Gasteiger partial charge in [-0.15, -0.1) is 0 Å². The fraction of sp³-hybridized carbons (Fsp3) is 0.462. The summed E-state index contributed by atoms with van der Waals surface area (Å²) < 4.78 is 26.3. The molecular weight excluding hydrogens is 254 g/mol. The first-order valence-electron chi connectivity index (χ1n) is 6.13. The first-order chi connectivity index (χ1) is 8.65. The summed E-state index contributed by atoms with van der Waals surface area (Å²) in [5.41, 5.74) is 0.283. The highest BCUT2D eigenvalue weighted by Crippen LogP contribution is 2.17. The van der Waals surface area contributed by atoms with E-state index >= 15 is 0 Å². The van der Waals surface area contributed by atoms with E-state index < -0.39 is 11.6 Å². The summed E-state index contributed by atoms with van der Waals surface area (Å²) >= 11 is 5.13. The highest BCUT2D eigenvalue weighted by molar-refractivity contribution is 7.80. The molecule has 0 amide bonds. The van der Waals surface area contributed by atoms with Gasteiger partial charge in [-0.1, -0.05) is 12.8 Å². The van der Waals surface area contributed by atoms with E-state index in [1.807, 2.05) is 0 Å². The van der Waals surface area contributed by atoms with E-state index in [2.05, 4.69) is 10.6 Å². The SMILES string of the molecule is Fc1ccc(F)c(CNC(=S)NC2CCCC2)c1. The van der Waals surface area contributed by atoms with E-state index in [4.69, 9.17) is 12.2 Å². The fourth-order valence-corrected chi connectivity index (χ4v) is 2.40. The van der Waals surface area contributed by atoms with Gasteiger partial charge in [0.15, 0.2) is 5.11 Å². The highest BCUT2D eigenvalue weighted by atomic mass is 32.1. The second kappa shape index (κ2) is 6.09. The molecule has 0 aliphatic heterocycles. The summed E-state index contributed by atoms with van der Waals surface area (Å²) in [5, 5.41) is 6.60. The topological polar surface area (TPSA) is 24.1 Å². The van der Waals surface area contributed by atoms with Crippen LogP contribution in [0.1, 0.15) is 31.2 Å². The van der Waals surface area contributed by atoms with Gasteiger partial charge in [0.25, 0.3) is 0 Å². The van der Waals surface area contributed by atoms with Gasteiger partial charge < -0.3 is 10.6 Å². The third-order valence-electron chi connectivity index (χ3n) is 3.14. The second-order valence-corrected chi connectivity index (χ2v) is 4.95. The molecule has 0 aromatic heterocycles. The normalized spacial score (nSPS) is 15.7. The Morgan fingerprint density at radius 2 is 2.00 bits per heavy atom. The van der Waals surface area contributed by atoms with Crippen molar-refractivity contribution in [3.8, 4) is 0 Å². The zero-order chi connectivity index (χ0) is 13.0. The fourth-order valence-electron chi connectivity index (χ4n) is 2.16. The summed E-state index contributed by atoms with van der Waals surface area (Å²) in [6, 6.07) is 3.83. The van der Waals surface area contributed by atoms with Crippen molar-refractivity contribution in [1.29, 1.82) is 0 Å². The largest absolute Gasteiger partial charge is 0.360 e. The number of nitrogens with one attached hydrogen (secondary N) is 2. The number of halogens is 2. The van der Waals surface area contributed by atoms with Crippen molar-refractivity contribution in [2.45, 2.75) is 38.3 Å². The molecule has 2 N–H and O–H groups in total. The van der Waals surface area contributed by atoms with Crippen LogP contribution in [-0.4, -0.2) is 11.2 Å². The lowest BCUT2D eigenvalue weighted by atomic mass is 10.2. The maximum Gasteiger partial charge on any atom is 0.166 e. The molecule has 1 aliphatic carbocycles. The van der Waals surface area contributed by atoms with Crippen LogP contribution in [0.4, 0.5) is 8.78 Å². The number of hydrogen-bond acceptors (Lipinski definition) is 1. The maximum atomic E-state index is 13.4. The van der Waals surface area contributed by atoms with E-state index in [1.165, 1.54) is 18.9 Å². The first-order valence-corrected chi connectivity index (χ1v) is 6.54. The minimum atomic E-state index is -0.442. The summed E-state index contributed by atoms with van der Waals surface area (Å²) in [5.74, 6) is -0.865. The van der Waals surface area contributed by atoms with Crippen molar-refractivity contribution >= 4 is 17.3 Å². The Labute approximate surface area is 111 Å². The maximum absolute atomic E-state index is 13.4. The third kappa shape index (κ3) is 3.63. The van der Waals surface area contributed by atoms with Gasteiger partial charge in [0, 0.05) is 18.2 Å². The molecule has 0 atom stereocenters. The predicted octanol–water partition coefficient (Wildman–Crippen LogP) is 2.87. The summed E-state index contributed by atoms with van der Waals surface area (Å²) in [6.07, 6.45) is 4.68. The van der Waals surface area contributed by atoms with Crippen LogP contribution in [0.25, 0.3) is 0 Å². The molecule has 2 nitrogen and oxygen atoms in total. The van der Waals surface area contributed by atoms with Crippen LogP contribution in [0.2, 0.25) is 0 Å². The molecule has 5 heteroatoms. The van der Waals surface area contributed by atoms with Crippen molar-refractivity contribution in [1.82, 2.24) is 10.6 Å². The Kier molecular flexibility index (Phi) is 4.47. The van der Waals surface area contributed by atoms with E-state index in [0.717, 1.165) is 25.0 Å². The van der Waals surface area contributed by atoms with Crippen molar-refractivity contribution in [2.75, 3.05) is 0 Å². The van der Waals surface area contributed by atoms with Crippen molar-refractivity contribution < 1.29 is 8.78 Å². The van der Waals surface area contributed by atoms with E-state index in [-0.39, 0.29) is 12.1 Å². The molecule has 0 radical (unpaired) electrons. The molecular formula is C13H16F2N2S. The Balaban J connectivity index is 1.83. The van der Waals surface area contributed by atoms with E-state index in [9.17, 15) is 8.78 Å². The molecule has 1 saturated carbocycles. The van der Waals surface area contributed by atoms with Crippen LogP contribution < -0.4 is 10.6 Å². The molecule has 2 rings (SSSR count). The van der Waals surface area contributed by atoms with Crippen LogP contribution in [-0.2, 0) is 6.54 Å². The van der Waals surface area contributed by atoms with Crippen molar-refractivity contribution in [3.05, 3.63) is 35.4 Å². The van der Waals surface area contributed by atoms with Gasteiger partial charge in [-0.3, -0.25) is 0 Å². The van der Waals surface area contributed by atoms with Crippen LogP contribution in [0, 0.1) is 11.6 Å². The number of benzene rings is 1. The Morgan fingerprint density at radius 3 is 2.72 bits per heavy atom. The lowest BCUT2D eigenvalue weighted by Crippen LogP contribution is -2.40. The molecule has 0 saturated heterocycles. The smallest absolute Gasteiger partial charge is 0.166 e. The Bertz CT molecular complexity index is 431. The molecule has 0 heterocycles. The zero-order valence-corrected chi connectivity index (χ0v) is 10.8. The molecule has 1 aliphatic rings. The quantitative estimate of drug-likeness (QED) is 0.826. The minimum Gasteiger partial charge on any atom is -0.360 e. The number of thiocarbonyl (C=S) groups is 1. The van der Waals surface area contributed by atoms with Gasteiger partial charge in [0.2, 0.25) is 0 Å². The van der Waals surface area contributed by atoms with Crippen molar-refractivity contribution in [2.24, 2.45) is 0 Å². The monoisotopic (exact) mass is 270 g/mol. The second-order valence-electron chi connectivity index (χ2n) is 4.54. The van der Waals surface area contributed by atoms with Crippen LogP contribution in [0.5, 0.6) is 0 Å². The highest BCUT2D eigenvalue weighted by Gasteiger charge is 2.15. The average Bonchev–Trinajstić information content (AvgIpc) is 2.83. The molecule has 1 aromatic rings. The van der Waals surface area contributed by atoms with Crippen LogP contribution >= 0.6 is 12.2 Å². The van der Waals surface area contributed by atoms with Crippen LogP contribution in [0.15, 0.2) is 18.2 Å². The average molecular weight is 270 g/mol. The third-order valence-corrected chi connectivity index (χ3v) is 3.40. The molecule has 0 bridgehead atoms.